The van der Waals surface area contributed by atoms with Gasteiger partial charge in [-0.1, -0.05) is 30.3 Å². The fraction of sp³-hybridized carbons (Fsp3) is 0.154. The number of benzene rings is 3. The van der Waals surface area contributed by atoms with Crippen LogP contribution < -0.4 is 0 Å². The van der Waals surface area contributed by atoms with Gasteiger partial charge in [-0.2, -0.15) is 0 Å². The van der Waals surface area contributed by atoms with Gasteiger partial charge in [-0.25, -0.2) is 0 Å². The van der Waals surface area contributed by atoms with Crippen LogP contribution in [0.4, 0.5) is 0 Å². The SMILES string of the molecule is Cc1ccc(C(=O)c2sc3cc(O)ccc3c2-c2ccc(C3CC3C(=O)O)cc2)c(O)c1. The van der Waals surface area contributed by atoms with Crippen LogP contribution in [-0.2, 0) is 4.79 Å². The first-order valence-electron chi connectivity index (χ1n) is 10.3. The zero-order chi connectivity index (χ0) is 22.6. The van der Waals surface area contributed by atoms with Crippen LogP contribution in [0.15, 0.2) is 60.7 Å². The lowest BCUT2D eigenvalue weighted by atomic mass is 9.96. The molecule has 0 aliphatic heterocycles. The highest BCUT2D eigenvalue weighted by atomic mass is 32.1. The molecule has 3 N–H and O–H groups in total. The molecule has 6 heteroatoms. The van der Waals surface area contributed by atoms with E-state index in [4.69, 9.17) is 0 Å². The fourth-order valence-corrected chi connectivity index (χ4v) is 5.43. The Balaban J connectivity index is 1.62. The molecule has 160 valence electrons. The number of carboxylic acids is 1. The quantitative estimate of drug-likeness (QED) is 0.343. The molecule has 1 aliphatic carbocycles. The molecule has 0 radical (unpaired) electrons. The molecule has 0 amide bonds. The molecule has 1 saturated carbocycles. The maximum absolute atomic E-state index is 13.5. The van der Waals surface area contributed by atoms with Gasteiger partial charge in [0, 0.05) is 15.6 Å². The van der Waals surface area contributed by atoms with Gasteiger partial charge in [-0.3, -0.25) is 9.59 Å². The van der Waals surface area contributed by atoms with Gasteiger partial charge in [0.15, 0.2) is 0 Å². The molecule has 5 rings (SSSR count). The molecular formula is C26H20O5S. The van der Waals surface area contributed by atoms with Crippen molar-refractivity contribution in [3.63, 3.8) is 0 Å². The van der Waals surface area contributed by atoms with Crippen molar-refractivity contribution < 1.29 is 24.9 Å². The van der Waals surface area contributed by atoms with Crippen LogP contribution in [0, 0.1) is 12.8 Å². The summed E-state index contributed by atoms with van der Waals surface area (Å²) in [5, 5.41) is 30.3. The molecule has 1 heterocycles. The van der Waals surface area contributed by atoms with Gasteiger partial charge in [-0.05, 0) is 66.3 Å². The van der Waals surface area contributed by atoms with Crippen LogP contribution in [0.2, 0.25) is 0 Å². The molecule has 1 fully saturated rings. The number of hydrogen-bond acceptors (Lipinski definition) is 5. The first-order chi connectivity index (χ1) is 15.3. The molecule has 32 heavy (non-hydrogen) atoms. The van der Waals surface area contributed by atoms with Crippen LogP contribution >= 0.6 is 11.3 Å². The highest BCUT2D eigenvalue weighted by Crippen LogP contribution is 2.48. The Morgan fingerprint density at radius 1 is 0.969 bits per heavy atom. The van der Waals surface area contributed by atoms with Crippen LogP contribution in [0.25, 0.3) is 21.2 Å². The van der Waals surface area contributed by atoms with Crippen molar-refractivity contribution in [3.8, 4) is 22.6 Å². The minimum absolute atomic E-state index is 0.0309. The normalized spacial score (nSPS) is 17.4. The summed E-state index contributed by atoms with van der Waals surface area (Å²) in [5.41, 5.74) is 3.63. The monoisotopic (exact) mass is 444 g/mol. The molecule has 5 nitrogen and oxygen atoms in total. The lowest BCUT2D eigenvalue weighted by molar-refractivity contribution is -0.138. The Labute approximate surface area is 188 Å². The number of rotatable bonds is 5. The average molecular weight is 445 g/mol. The standard InChI is InChI=1S/C26H20O5S/c1-13-2-8-17(21(28)10-13)24(29)25-23(18-9-7-16(27)11-22(18)32-25)15-5-3-14(4-6-15)19-12-20(19)26(30)31/h2-11,19-20,27-28H,12H2,1H3,(H,30,31). The van der Waals surface area contributed by atoms with E-state index < -0.39 is 5.97 Å². The molecule has 1 aliphatic rings. The molecular weight excluding hydrogens is 424 g/mol. The Morgan fingerprint density at radius 2 is 1.72 bits per heavy atom. The van der Waals surface area contributed by atoms with Crippen molar-refractivity contribution >= 4 is 33.2 Å². The van der Waals surface area contributed by atoms with E-state index >= 15 is 0 Å². The fourth-order valence-electron chi connectivity index (χ4n) is 4.22. The number of hydrogen-bond donors (Lipinski definition) is 3. The Morgan fingerprint density at radius 3 is 2.38 bits per heavy atom. The van der Waals surface area contributed by atoms with Gasteiger partial charge < -0.3 is 15.3 Å². The number of phenols is 2. The lowest BCUT2D eigenvalue weighted by Crippen LogP contribution is -2.01. The van der Waals surface area contributed by atoms with E-state index in [1.54, 1.807) is 36.4 Å². The molecule has 1 aromatic heterocycles. The third-order valence-electron chi connectivity index (χ3n) is 6.01. The van der Waals surface area contributed by atoms with E-state index in [1.165, 1.54) is 11.3 Å². The van der Waals surface area contributed by atoms with Crippen LogP contribution in [0.3, 0.4) is 0 Å². The second-order valence-corrected chi connectivity index (χ2v) is 9.30. The van der Waals surface area contributed by atoms with Gasteiger partial charge in [0.25, 0.3) is 0 Å². The van der Waals surface area contributed by atoms with Gasteiger partial charge in [0.05, 0.1) is 16.4 Å². The lowest BCUT2D eigenvalue weighted by Gasteiger charge is -2.08. The first kappa shape index (κ1) is 20.3. The Hall–Kier alpha value is -3.64. The maximum Gasteiger partial charge on any atom is 0.307 e. The topological polar surface area (TPSA) is 94.8 Å². The van der Waals surface area contributed by atoms with E-state index in [1.807, 2.05) is 31.2 Å². The average Bonchev–Trinajstić information content (AvgIpc) is 3.48. The Kier molecular flexibility index (Phi) is 4.75. The summed E-state index contributed by atoms with van der Waals surface area (Å²) >= 11 is 1.28. The van der Waals surface area contributed by atoms with E-state index in [0.29, 0.717) is 11.3 Å². The number of carbonyl (C=O) groups excluding carboxylic acids is 1. The smallest absolute Gasteiger partial charge is 0.307 e. The molecule has 4 aromatic rings. The van der Waals surface area contributed by atoms with Crippen molar-refractivity contribution in [2.24, 2.45) is 5.92 Å². The molecule has 0 spiro atoms. The van der Waals surface area contributed by atoms with Gasteiger partial charge >= 0.3 is 5.97 Å². The highest BCUT2D eigenvalue weighted by Gasteiger charge is 2.44. The summed E-state index contributed by atoms with van der Waals surface area (Å²) in [4.78, 5) is 25.1. The van der Waals surface area contributed by atoms with E-state index in [2.05, 4.69) is 0 Å². The molecule has 0 bridgehead atoms. The molecule has 3 aromatic carbocycles. The second kappa shape index (κ2) is 7.50. The Bertz CT molecular complexity index is 1380. The number of aliphatic carboxylic acids is 1. The summed E-state index contributed by atoms with van der Waals surface area (Å²) in [5.74, 6) is -1.30. The van der Waals surface area contributed by atoms with Crippen LogP contribution in [0.5, 0.6) is 11.5 Å². The summed E-state index contributed by atoms with van der Waals surface area (Å²) in [7, 11) is 0. The number of carbonyl (C=O) groups is 2. The van der Waals surface area contributed by atoms with E-state index in [0.717, 1.165) is 32.3 Å². The zero-order valence-electron chi connectivity index (χ0n) is 17.2. The van der Waals surface area contributed by atoms with Crippen molar-refractivity contribution in [2.45, 2.75) is 19.3 Å². The second-order valence-electron chi connectivity index (χ2n) is 8.25. The largest absolute Gasteiger partial charge is 0.508 e. The third-order valence-corrected chi connectivity index (χ3v) is 7.16. The van der Waals surface area contributed by atoms with Crippen LogP contribution in [-0.4, -0.2) is 27.1 Å². The summed E-state index contributed by atoms with van der Waals surface area (Å²) in [6.45, 7) is 1.85. The van der Waals surface area contributed by atoms with E-state index in [9.17, 15) is 24.9 Å². The van der Waals surface area contributed by atoms with Gasteiger partial charge in [0.1, 0.15) is 11.5 Å². The predicted molar refractivity (Wildman–Crippen MR) is 124 cm³/mol. The van der Waals surface area contributed by atoms with Crippen LogP contribution in [0.1, 0.15) is 38.7 Å². The number of thiophene rings is 1. The van der Waals surface area contributed by atoms with Crippen molar-refractivity contribution in [1.29, 1.82) is 0 Å². The molecule has 2 unspecified atom stereocenters. The maximum atomic E-state index is 13.5. The number of phenolic OH excluding ortho intramolecular Hbond substituents is 2. The van der Waals surface area contributed by atoms with Gasteiger partial charge in [0.2, 0.25) is 5.78 Å². The first-order valence-corrected chi connectivity index (χ1v) is 11.1. The number of carboxylic acid groups (broad SMARTS) is 1. The van der Waals surface area contributed by atoms with E-state index in [-0.39, 0.29) is 34.7 Å². The highest BCUT2D eigenvalue weighted by molar-refractivity contribution is 7.21. The van der Waals surface area contributed by atoms with Crippen molar-refractivity contribution in [1.82, 2.24) is 0 Å². The summed E-state index contributed by atoms with van der Waals surface area (Å²) in [6, 6.07) is 17.6. The third kappa shape index (κ3) is 3.42. The predicted octanol–water partition coefficient (Wildman–Crippen LogP) is 5.71. The molecule has 0 saturated heterocycles. The number of aryl methyl sites for hydroxylation is 1. The minimum Gasteiger partial charge on any atom is -0.508 e. The molecule has 2 atom stereocenters. The summed E-state index contributed by atoms with van der Waals surface area (Å²) in [6.07, 6.45) is 0.645. The zero-order valence-corrected chi connectivity index (χ0v) is 18.0. The number of aromatic hydroxyl groups is 2. The number of ketones is 1. The number of fused-ring (bicyclic) bond motifs is 1. The van der Waals surface area contributed by atoms with Gasteiger partial charge in [-0.15, -0.1) is 11.3 Å². The summed E-state index contributed by atoms with van der Waals surface area (Å²) < 4.78 is 0.771. The minimum atomic E-state index is -0.770. The van der Waals surface area contributed by atoms with Crippen molar-refractivity contribution in [3.05, 3.63) is 82.2 Å². The van der Waals surface area contributed by atoms with Crippen molar-refractivity contribution in [2.75, 3.05) is 0 Å².